The zero-order valence-corrected chi connectivity index (χ0v) is 27.2. The summed E-state index contributed by atoms with van der Waals surface area (Å²) in [5, 5.41) is 15.1. The second kappa shape index (κ2) is 14.2. The van der Waals surface area contributed by atoms with E-state index in [-0.39, 0.29) is 29.6 Å². The first-order valence-electron chi connectivity index (χ1n) is 13.3. The summed E-state index contributed by atoms with van der Waals surface area (Å²) in [4.78, 5) is 63.1. The van der Waals surface area contributed by atoms with E-state index >= 15 is 0 Å². The molecular weight excluding hydrogens is 601 g/mol. The molecule has 0 unspecified atom stereocenters. The molecular formula is C27H36N6O6S3. The molecule has 3 heterocycles. The van der Waals surface area contributed by atoms with Gasteiger partial charge in [0.2, 0.25) is 0 Å². The number of amides is 3. The molecule has 0 aromatic carbocycles. The van der Waals surface area contributed by atoms with Gasteiger partial charge in [0.1, 0.15) is 32.0 Å². The van der Waals surface area contributed by atoms with Crippen molar-refractivity contribution < 1.29 is 28.7 Å². The highest BCUT2D eigenvalue weighted by atomic mass is 32.1. The molecule has 0 saturated heterocycles. The van der Waals surface area contributed by atoms with Crippen LogP contribution < -0.4 is 16.0 Å². The average molecular weight is 637 g/mol. The third-order valence-electron chi connectivity index (χ3n) is 5.56. The van der Waals surface area contributed by atoms with Crippen molar-refractivity contribution in [3.8, 4) is 0 Å². The van der Waals surface area contributed by atoms with Crippen molar-refractivity contribution in [2.24, 2.45) is 5.92 Å². The lowest BCUT2D eigenvalue weighted by molar-refractivity contribution is 0.0486. The van der Waals surface area contributed by atoms with Gasteiger partial charge in [-0.2, -0.15) is 0 Å². The number of alkyl carbamates (subject to hydrolysis) is 1. The average Bonchev–Trinajstić information content (AvgIpc) is 3.67. The minimum absolute atomic E-state index is 0.0105. The Bertz CT molecular complexity index is 1410. The number of carbonyl (C=O) groups is 4. The van der Waals surface area contributed by atoms with Gasteiger partial charge >= 0.3 is 12.1 Å². The molecule has 3 aromatic heterocycles. The first-order chi connectivity index (χ1) is 19.7. The summed E-state index contributed by atoms with van der Waals surface area (Å²) in [5.41, 5.74) is -0.0210. The minimum Gasteiger partial charge on any atom is -0.461 e. The topological polar surface area (TPSA) is 162 Å². The fraction of sp³-hybridized carbons (Fsp3) is 0.519. The highest BCUT2D eigenvalue weighted by Crippen LogP contribution is 2.27. The third kappa shape index (κ3) is 9.03. The van der Waals surface area contributed by atoms with Crippen molar-refractivity contribution >= 4 is 57.9 Å². The van der Waals surface area contributed by atoms with Gasteiger partial charge in [-0.25, -0.2) is 24.5 Å². The summed E-state index contributed by atoms with van der Waals surface area (Å²) in [7, 11) is 0. The first-order valence-corrected chi connectivity index (χ1v) is 16.0. The maximum atomic E-state index is 13.0. The lowest BCUT2D eigenvalue weighted by Crippen LogP contribution is -2.36. The van der Waals surface area contributed by atoms with Crippen LogP contribution in [0.25, 0.3) is 0 Å². The number of nitrogens with one attached hydrogen (secondary N) is 3. The highest BCUT2D eigenvalue weighted by molar-refractivity contribution is 7.10. The molecule has 3 atom stereocenters. The van der Waals surface area contributed by atoms with Crippen molar-refractivity contribution in [3.05, 3.63) is 48.2 Å². The molecule has 3 rings (SSSR count). The van der Waals surface area contributed by atoms with Crippen molar-refractivity contribution in [1.82, 2.24) is 30.9 Å². The molecule has 12 nitrogen and oxygen atoms in total. The van der Waals surface area contributed by atoms with E-state index in [2.05, 4.69) is 30.9 Å². The number of thiazole rings is 3. The number of hydrogen-bond donors (Lipinski definition) is 3. The minimum atomic E-state index is -0.638. The summed E-state index contributed by atoms with van der Waals surface area (Å²) in [6, 6.07) is -1.36. The summed E-state index contributed by atoms with van der Waals surface area (Å²) in [5.74, 6) is -1.31. The predicted molar refractivity (Wildman–Crippen MR) is 161 cm³/mol. The molecule has 3 amide bonds. The second-order valence-corrected chi connectivity index (χ2v) is 13.4. The van der Waals surface area contributed by atoms with Gasteiger partial charge in [0, 0.05) is 16.1 Å². The van der Waals surface area contributed by atoms with E-state index in [9.17, 15) is 19.2 Å². The summed E-state index contributed by atoms with van der Waals surface area (Å²) < 4.78 is 10.3. The number of nitrogens with zero attached hydrogens (tertiary/aromatic N) is 3. The van der Waals surface area contributed by atoms with Crippen molar-refractivity contribution in [2.45, 2.75) is 79.1 Å². The molecule has 3 aromatic rings. The number of hydrogen-bond acceptors (Lipinski definition) is 12. The number of rotatable bonds is 11. The van der Waals surface area contributed by atoms with Crippen molar-refractivity contribution in [2.75, 3.05) is 6.61 Å². The predicted octanol–water partition coefficient (Wildman–Crippen LogP) is 5.44. The van der Waals surface area contributed by atoms with Gasteiger partial charge in [-0.1, -0.05) is 13.8 Å². The molecule has 0 radical (unpaired) electrons. The molecule has 0 aliphatic carbocycles. The quantitative estimate of drug-likeness (QED) is 0.233. The molecule has 3 N–H and O–H groups in total. The van der Waals surface area contributed by atoms with E-state index < -0.39 is 47.6 Å². The lowest BCUT2D eigenvalue weighted by Gasteiger charge is -2.24. The first kappa shape index (κ1) is 33.1. The van der Waals surface area contributed by atoms with Crippen LogP contribution >= 0.6 is 34.0 Å². The monoisotopic (exact) mass is 636 g/mol. The molecule has 0 saturated carbocycles. The Morgan fingerprint density at radius 1 is 0.762 bits per heavy atom. The summed E-state index contributed by atoms with van der Waals surface area (Å²) in [6.07, 6.45) is -0.554. The van der Waals surface area contributed by atoms with Crippen LogP contribution in [0.4, 0.5) is 4.79 Å². The van der Waals surface area contributed by atoms with Crippen LogP contribution in [0.15, 0.2) is 16.1 Å². The Balaban J connectivity index is 1.59. The van der Waals surface area contributed by atoms with Crippen molar-refractivity contribution in [1.29, 1.82) is 0 Å². The molecule has 0 fully saturated rings. The van der Waals surface area contributed by atoms with Gasteiger partial charge in [0.05, 0.1) is 24.7 Å². The molecule has 15 heteroatoms. The Labute approximate surface area is 256 Å². The second-order valence-electron chi connectivity index (χ2n) is 10.7. The molecule has 0 spiro atoms. The zero-order valence-electron chi connectivity index (χ0n) is 24.8. The maximum absolute atomic E-state index is 13.0. The Morgan fingerprint density at radius 3 is 1.69 bits per heavy atom. The van der Waals surface area contributed by atoms with Gasteiger partial charge in [-0.3, -0.25) is 9.59 Å². The van der Waals surface area contributed by atoms with E-state index in [4.69, 9.17) is 9.47 Å². The van der Waals surface area contributed by atoms with Crippen LogP contribution in [-0.4, -0.2) is 51.0 Å². The van der Waals surface area contributed by atoms with Gasteiger partial charge in [-0.05, 0) is 47.5 Å². The maximum Gasteiger partial charge on any atom is 0.408 e. The largest absolute Gasteiger partial charge is 0.461 e. The van der Waals surface area contributed by atoms with E-state index in [1.807, 2.05) is 13.8 Å². The molecule has 0 aliphatic heterocycles. The summed E-state index contributed by atoms with van der Waals surface area (Å²) in [6.45, 7) is 14.7. The molecule has 228 valence electrons. The van der Waals surface area contributed by atoms with Gasteiger partial charge in [-0.15, -0.1) is 34.0 Å². The number of ether oxygens (including phenoxy) is 2. The summed E-state index contributed by atoms with van der Waals surface area (Å²) >= 11 is 3.77. The number of carbonyl (C=O) groups excluding carboxylic acids is 4. The fourth-order valence-corrected chi connectivity index (χ4v) is 6.15. The van der Waals surface area contributed by atoms with E-state index in [1.54, 1.807) is 57.7 Å². The van der Waals surface area contributed by atoms with Crippen LogP contribution in [-0.2, 0) is 9.47 Å². The standard InChI is InChI=1S/C27H36N6O6S3/c1-9-38-25(36)18-12-41-23(32-18)15(5)29-20(34)16-10-40-22(30-16)14(4)28-21(35)17-11-42-24(31-17)19(13(2)3)33-26(37)39-27(6,7)8/h10-15,19H,9H2,1-8H3,(H,28,35)(H,29,34)(H,33,37)/t14-,15-,19-/m0/s1. The molecule has 42 heavy (non-hydrogen) atoms. The molecule has 0 bridgehead atoms. The Kier molecular flexibility index (Phi) is 11.2. The van der Waals surface area contributed by atoms with Crippen LogP contribution in [0.3, 0.4) is 0 Å². The lowest BCUT2D eigenvalue weighted by atomic mass is 10.1. The Hall–Kier alpha value is -3.43. The van der Waals surface area contributed by atoms with Gasteiger partial charge in [0.25, 0.3) is 11.8 Å². The zero-order chi connectivity index (χ0) is 31.2. The van der Waals surface area contributed by atoms with E-state index in [0.29, 0.717) is 15.0 Å². The normalized spacial score (nSPS) is 13.6. The van der Waals surface area contributed by atoms with Crippen LogP contribution in [0.1, 0.15) is 120 Å². The van der Waals surface area contributed by atoms with Crippen LogP contribution in [0, 0.1) is 5.92 Å². The van der Waals surface area contributed by atoms with Crippen LogP contribution in [0.2, 0.25) is 0 Å². The van der Waals surface area contributed by atoms with Gasteiger partial charge < -0.3 is 25.4 Å². The Morgan fingerprint density at radius 2 is 1.21 bits per heavy atom. The van der Waals surface area contributed by atoms with E-state index in [1.165, 1.54) is 34.0 Å². The highest BCUT2D eigenvalue weighted by Gasteiger charge is 2.27. The van der Waals surface area contributed by atoms with E-state index in [0.717, 1.165) is 0 Å². The van der Waals surface area contributed by atoms with Gasteiger partial charge in [0.15, 0.2) is 5.69 Å². The number of esters is 1. The van der Waals surface area contributed by atoms with Crippen LogP contribution in [0.5, 0.6) is 0 Å². The third-order valence-corrected chi connectivity index (χ3v) is 8.54. The SMILES string of the molecule is CCOC(=O)c1csc([C@H](C)NC(=O)c2csc([C@H](C)NC(=O)c3csc([C@@H](NC(=O)OC(C)(C)C)C(C)C)n3)n2)n1. The smallest absolute Gasteiger partial charge is 0.408 e. The fourth-order valence-electron chi connectivity index (χ4n) is 3.52. The van der Waals surface area contributed by atoms with Crippen molar-refractivity contribution in [3.63, 3.8) is 0 Å². The number of aromatic nitrogens is 3. The molecule has 0 aliphatic rings.